The normalized spacial score (nSPS) is 12.9. The number of hydrogen-bond donors (Lipinski definition) is 2. The van der Waals surface area contributed by atoms with Gasteiger partial charge in [-0.25, -0.2) is 14.7 Å². The molecule has 0 atom stereocenters. The van der Waals surface area contributed by atoms with Crippen LogP contribution >= 0.6 is 0 Å². The van der Waals surface area contributed by atoms with Crippen molar-refractivity contribution in [2.24, 2.45) is 0 Å². The summed E-state index contributed by atoms with van der Waals surface area (Å²) in [6.45, 7) is 4.73. The minimum Gasteiger partial charge on any atom is -0.478 e. The third-order valence-corrected chi connectivity index (χ3v) is 5.73. The molecule has 0 fully saturated rings. The number of anilines is 2. The molecule has 0 bridgehead atoms. The number of fused-ring (bicyclic) bond motifs is 2. The Morgan fingerprint density at radius 1 is 1.00 bits per heavy atom. The lowest BCUT2D eigenvalue weighted by Crippen LogP contribution is -2.29. The van der Waals surface area contributed by atoms with E-state index in [2.05, 4.69) is 10.3 Å². The Kier molecular flexibility index (Phi) is 5.13. The number of amides is 2. The highest BCUT2D eigenvalue weighted by Gasteiger charge is 2.37. The van der Waals surface area contributed by atoms with Crippen LogP contribution in [0.4, 0.5) is 11.4 Å². The van der Waals surface area contributed by atoms with Crippen molar-refractivity contribution in [3.05, 3.63) is 76.9 Å². The lowest BCUT2D eigenvalue weighted by atomic mass is 10.1. The Bertz CT molecular complexity index is 1490. The van der Waals surface area contributed by atoms with E-state index < -0.39 is 17.8 Å². The van der Waals surface area contributed by atoms with Crippen LogP contribution in [0, 0.1) is 6.92 Å². The summed E-state index contributed by atoms with van der Waals surface area (Å²) in [4.78, 5) is 43.2. The average molecular weight is 455 g/mol. The van der Waals surface area contributed by atoms with E-state index in [4.69, 9.17) is 4.42 Å². The number of carbonyl (C=O) groups is 3. The number of benzene rings is 3. The van der Waals surface area contributed by atoms with E-state index >= 15 is 0 Å². The number of nitrogens with one attached hydrogen (secondary N) is 1. The Morgan fingerprint density at radius 3 is 2.56 bits per heavy atom. The lowest BCUT2D eigenvalue weighted by molar-refractivity contribution is 0.0696. The number of oxazole rings is 1. The molecule has 8 heteroatoms. The smallest absolute Gasteiger partial charge is 0.335 e. The van der Waals surface area contributed by atoms with Crippen LogP contribution in [0.15, 0.2) is 59.0 Å². The van der Waals surface area contributed by atoms with Crippen LogP contribution in [0.2, 0.25) is 0 Å². The van der Waals surface area contributed by atoms with Crippen LogP contribution in [0.1, 0.15) is 50.0 Å². The Labute approximate surface area is 194 Å². The number of carbonyl (C=O) groups excluding carboxylic acids is 2. The van der Waals surface area contributed by atoms with Gasteiger partial charge in [0.15, 0.2) is 5.58 Å². The van der Waals surface area contributed by atoms with Crippen molar-refractivity contribution < 1.29 is 23.9 Å². The molecule has 0 unspecified atom stereocenters. The second kappa shape index (κ2) is 8.15. The standard InChI is InChI=1S/C26H21N3O5/c1-3-10-27-20-9-6-16(13-19(20)23-28-21-8-4-14(2)11-22(21)34-23)29-24(30)17-7-5-15(26(32)33)12-18(17)25(29)31/h4-9,11-13,27H,3,10H2,1-2H3,(H,32,33). The molecular formula is C26H21N3O5. The van der Waals surface area contributed by atoms with Crippen LogP contribution in [0.5, 0.6) is 0 Å². The third-order valence-electron chi connectivity index (χ3n) is 5.73. The van der Waals surface area contributed by atoms with Crippen LogP contribution in [0.25, 0.3) is 22.6 Å². The van der Waals surface area contributed by atoms with Gasteiger partial charge in [0.2, 0.25) is 5.89 Å². The molecular weight excluding hydrogens is 434 g/mol. The molecule has 3 aromatic carbocycles. The molecule has 5 rings (SSSR count). The summed E-state index contributed by atoms with van der Waals surface area (Å²) in [6.07, 6.45) is 0.901. The van der Waals surface area contributed by atoms with Crippen LogP contribution < -0.4 is 10.2 Å². The molecule has 8 nitrogen and oxygen atoms in total. The minimum absolute atomic E-state index is 0.0525. The van der Waals surface area contributed by atoms with Gasteiger partial charge in [-0.2, -0.15) is 0 Å². The van der Waals surface area contributed by atoms with Gasteiger partial charge in [-0.3, -0.25) is 9.59 Å². The molecule has 2 amide bonds. The molecule has 0 aliphatic carbocycles. The molecule has 0 spiro atoms. The monoisotopic (exact) mass is 455 g/mol. The fourth-order valence-corrected chi connectivity index (χ4v) is 4.02. The van der Waals surface area contributed by atoms with E-state index in [0.29, 0.717) is 28.2 Å². The average Bonchev–Trinajstić information content (AvgIpc) is 3.35. The Balaban J connectivity index is 1.60. The molecule has 0 saturated carbocycles. The number of nitrogens with zero attached hydrogens (tertiary/aromatic N) is 2. The summed E-state index contributed by atoms with van der Waals surface area (Å²) in [6, 6.07) is 14.8. The summed E-state index contributed by atoms with van der Waals surface area (Å²) >= 11 is 0. The van der Waals surface area contributed by atoms with Gasteiger partial charge in [0, 0.05) is 12.2 Å². The van der Waals surface area contributed by atoms with Gasteiger partial charge in [0.05, 0.1) is 27.9 Å². The number of aromatic nitrogens is 1. The predicted molar refractivity (Wildman–Crippen MR) is 128 cm³/mol. The predicted octanol–water partition coefficient (Wildman–Crippen LogP) is 5.12. The molecule has 170 valence electrons. The molecule has 4 aromatic rings. The number of carboxylic acid groups (broad SMARTS) is 1. The van der Waals surface area contributed by atoms with Crippen molar-refractivity contribution in [2.75, 3.05) is 16.8 Å². The van der Waals surface area contributed by atoms with Crippen molar-refractivity contribution in [1.82, 2.24) is 4.98 Å². The van der Waals surface area contributed by atoms with Gasteiger partial charge < -0.3 is 14.8 Å². The summed E-state index contributed by atoms with van der Waals surface area (Å²) < 4.78 is 6.03. The minimum atomic E-state index is -1.17. The van der Waals surface area contributed by atoms with Crippen LogP contribution in [-0.4, -0.2) is 34.4 Å². The first kappa shape index (κ1) is 21.4. The second-order valence-electron chi connectivity index (χ2n) is 8.16. The number of carboxylic acids is 1. The van der Waals surface area contributed by atoms with Crippen molar-refractivity contribution in [3.8, 4) is 11.5 Å². The van der Waals surface area contributed by atoms with Crippen molar-refractivity contribution >= 4 is 40.3 Å². The maximum absolute atomic E-state index is 13.1. The van der Waals surface area contributed by atoms with Gasteiger partial charge in [0.25, 0.3) is 11.8 Å². The van der Waals surface area contributed by atoms with E-state index in [1.54, 1.807) is 18.2 Å². The summed E-state index contributed by atoms with van der Waals surface area (Å²) in [5.41, 5.74) is 4.29. The largest absolute Gasteiger partial charge is 0.478 e. The zero-order valence-corrected chi connectivity index (χ0v) is 18.6. The maximum atomic E-state index is 13.1. The van der Waals surface area contributed by atoms with Gasteiger partial charge in [-0.05, 0) is 67.4 Å². The number of aromatic carboxylic acids is 1. The number of aryl methyl sites for hydroxylation is 1. The molecule has 1 aliphatic heterocycles. The first-order valence-electron chi connectivity index (χ1n) is 10.9. The molecule has 2 N–H and O–H groups in total. The zero-order chi connectivity index (χ0) is 24.0. The Morgan fingerprint density at radius 2 is 1.79 bits per heavy atom. The topological polar surface area (TPSA) is 113 Å². The third kappa shape index (κ3) is 3.49. The van der Waals surface area contributed by atoms with Gasteiger partial charge in [-0.15, -0.1) is 0 Å². The molecule has 1 aliphatic rings. The maximum Gasteiger partial charge on any atom is 0.335 e. The van der Waals surface area contributed by atoms with Gasteiger partial charge >= 0.3 is 5.97 Å². The highest BCUT2D eigenvalue weighted by atomic mass is 16.4. The first-order chi connectivity index (χ1) is 16.4. The van der Waals surface area contributed by atoms with E-state index in [0.717, 1.165) is 29.1 Å². The zero-order valence-electron chi connectivity index (χ0n) is 18.6. The molecule has 34 heavy (non-hydrogen) atoms. The summed E-state index contributed by atoms with van der Waals surface area (Å²) in [5, 5.41) is 12.6. The fraction of sp³-hybridized carbons (Fsp3) is 0.154. The SMILES string of the molecule is CCCNc1ccc(N2C(=O)c3ccc(C(=O)O)cc3C2=O)cc1-c1nc2ccc(C)cc2o1. The van der Waals surface area contributed by atoms with E-state index in [1.807, 2.05) is 32.0 Å². The van der Waals surface area contributed by atoms with Crippen molar-refractivity contribution in [3.63, 3.8) is 0 Å². The van der Waals surface area contributed by atoms with Crippen molar-refractivity contribution in [1.29, 1.82) is 0 Å². The lowest BCUT2D eigenvalue weighted by Gasteiger charge is -2.17. The number of hydrogen-bond acceptors (Lipinski definition) is 6. The van der Waals surface area contributed by atoms with E-state index in [1.165, 1.54) is 18.2 Å². The Hall–Kier alpha value is -4.46. The van der Waals surface area contributed by atoms with Crippen LogP contribution in [-0.2, 0) is 0 Å². The summed E-state index contributed by atoms with van der Waals surface area (Å²) in [5.74, 6) is -1.88. The van der Waals surface area contributed by atoms with Crippen molar-refractivity contribution in [2.45, 2.75) is 20.3 Å². The number of rotatable bonds is 6. The highest BCUT2D eigenvalue weighted by Crippen LogP contribution is 2.36. The molecule has 0 saturated heterocycles. The van der Waals surface area contributed by atoms with E-state index in [9.17, 15) is 19.5 Å². The second-order valence-corrected chi connectivity index (χ2v) is 8.16. The number of imide groups is 1. The highest BCUT2D eigenvalue weighted by molar-refractivity contribution is 6.34. The summed E-state index contributed by atoms with van der Waals surface area (Å²) in [7, 11) is 0. The van der Waals surface area contributed by atoms with Gasteiger partial charge in [-0.1, -0.05) is 13.0 Å². The molecule has 2 heterocycles. The van der Waals surface area contributed by atoms with Gasteiger partial charge in [0.1, 0.15) is 5.52 Å². The molecule has 0 radical (unpaired) electrons. The molecule has 1 aromatic heterocycles. The fourth-order valence-electron chi connectivity index (χ4n) is 4.02. The first-order valence-corrected chi connectivity index (χ1v) is 10.9. The van der Waals surface area contributed by atoms with E-state index in [-0.39, 0.29) is 16.7 Å². The van der Waals surface area contributed by atoms with Crippen LogP contribution in [0.3, 0.4) is 0 Å². The quantitative estimate of drug-likeness (QED) is 0.388.